The zero-order valence-electron chi connectivity index (χ0n) is 5.57. The first-order valence-corrected chi connectivity index (χ1v) is 3.63. The number of benzene rings is 1. The fourth-order valence-corrected chi connectivity index (χ4v) is 0.984. The van der Waals surface area contributed by atoms with Gasteiger partial charge in [-0.25, -0.2) is 4.21 Å². The molecular weight excluding hydrogens is 171 g/mol. The molecule has 0 unspecified atom stereocenters. The fourth-order valence-electron chi connectivity index (χ4n) is 0.699. The van der Waals surface area contributed by atoms with Gasteiger partial charge in [0.15, 0.2) is 11.9 Å². The van der Waals surface area contributed by atoms with Crippen LogP contribution >= 0.6 is 0 Å². The van der Waals surface area contributed by atoms with Crippen LogP contribution < -0.4 is 4.18 Å². The molecule has 0 aromatic heterocycles. The van der Waals surface area contributed by atoms with Gasteiger partial charge in [-0.05, 0) is 18.6 Å². The van der Waals surface area contributed by atoms with Crippen molar-refractivity contribution in [1.82, 2.24) is 0 Å². The van der Waals surface area contributed by atoms with Crippen LogP contribution in [0.3, 0.4) is 0 Å². The van der Waals surface area contributed by atoms with E-state index in [4.69, 9.17) is 4.18 Å². The summed E-state index contributed by atoms with van der Waals surface area (Å²) in [5, 5.41) is 0. The van der Waals surface area contributed by atoms with Crippen molar-refractivity contribution in [2.24, 2.45) is 0 Å². The first-order valence-electron chi connectivity index (χ1n) is 2.90. The molecule has 0 saturated heterocycles. The summed E-state index contributed by atoms with van der Waals surface area (Å²) in [6.07, 6.45) is 0. The van der Waals surface area contributed by atoms with Gasteiger partial charge in [-0.3, -0.25) is 0 Å². The summed E-state index contributed by atoms with van der Waals surface area (Å²) in [4.78, 5) is 0. The van der Waals surface area contributed by atoms with Crippen LogP contribution in [0.4, 0.5) is 0 Å². The Morgan fingerprint density at radius 3 is 2.55 bits per heavy atom. The van der Waals surface area contributed by atoms with E-state index in [9.17, 15) is 4.21 Å². The van der Waals surface area contributed by atoms with E-state index in [-0.39, 0.29) is 41.5 Å². The summed E-state index contributed by atoms with van der Waals surface area (Å²) in [5.74, 6) is 0.666. The topological polar surface area (TPSA) is 26.3 Å². The second-order valence-electron chi connectivity index (χ2n) is 1.93. The van der Waals surface area contributed by atoms with Gasteiger partial charge < -0.3 is 4.18 Å². The Morgan fingerprint density at radius 2 is 2.00 bits per heavy atom. The van der Waals surface area contributed by atoms with Gasteiger partial charge in [-0.15, -0.1) is 0 Å². The summed E-state index contributed by atoms with van der Waals surface area (Å²) in [6, 6.07) is 7.43. The normalized spacial score (nSPS) is 8.45. The Morgan fingerprint density at radius 1 is 1.36 bits per heavy atom. The van der Waals surface area contributed by atoms with Gasteiger partial charge in [-0.1, -0.05) is 18.2 Å². The van der Waals surface area contributed by atoms with E-state index >= 15 is 0 Å². The van der Waals surface area contributed by atoms with Gasteiger partial charge in [0.25, 0.3) is 0 Å². The molecule has 0 atom stereocenters. The quantitative estimate of drug-likeness (QED) is 0.532. The summed E-state index contributed by atoms with van der Waals surface area (Å²) in [5.41, 5.74) is 0.992. The van der Waals surface area contributed by atoms with E-state index < -0.39 is 0 Å². The number of rotatable bonds is 2. The van der Waals surface area contributed by atoms with Crippen LogP contribution in [-0.2, 0) is 11.9 Å². The molecule has 2 nitrogen and oxygen atoms in total. The van der Waals surface area contributed by atoms with Crippen LogP contribution in [0.25, 0.3) is 0 Å². The van der Waals surface area contributed by atoms with Crippen molar-refractivity contribution in [3.05, 3.63) is 29.8 Å². The van der Waals surface area contributed by atoms with E-state index in [0.717, 1.165) is 5.56 Å². The molecule has 0 bridgehead atoms. The summed E-state index contributed by atoms with van der Waals surface area (Å²) >= 11 is -0.300. The van der Waals surface area contributed by atoms with Gasteiger partial charge >= 0.3 is 29.6 Å². The second kappa shape index (κ2) is 5.77. The molecule has 1 aromatic carbocycles. The number of thiol groups is 1. The first kappa shape index (κ1) is 11.2. The molecule has 0 heterocycles. The second-order valence-corrected chi connectivity index (χ2v) is 2.26. The molecule has 1 rings (SSSR count). The standard InChI is InChI=1S/C7H8O2S.Na.H/c1-6-4-2-3-5-7(6)9-10-8;;/h2-5,10H,1H3;;. The van der Waals surface area contributed by atoms with Crippen LogP contribution in [0.5, 0.6) is 5.75 Å². The molecule has 0 saturated carbocycles. The Hall–Kier alpha value is 0.170. The third kappa shape index (κ3) is 3.38. The predicted octanol–water partition coefficient (Wildman–Crippen LogP) is 0.586. The maximum absolute atomic E-state index is 10.0. The molecule has 11 heavy (non-hydrogen) atoms. The van der Waals surface area contributed by atoms with Crippen LogP contribution in [0, 0.1) is 6.92 Å². The monoisotopic (exact) mass is 180 g/mol. The number of hydrogen-bond donors (Lipinski definition) is 1. The van der Waals surface area contributed by atoms with Crippen molar-refractivity contribution < 1.29 is 8.39 Å². The molecular formula is C7H9NaO2S. The number of hydrogen-bond acceptors (Lipinski definition) is 2. The van der Waals surface area contributed by atoms with Crippen LogP contribution in [0.2, 0.25) is 0 Å². The molecule has 4 heteroatoms. The van der Waals surface area contributed by atoms with Gasteiger partial charge in [0.1, 0.15) is 5.75 Å². The molecule has 1 aromatic rings. The maximum atomic E-state index is 10.0. The van der Waals surface area contributed by atoms with Crippen LogP contribution in [-0.4, -0.2) is 33.8 Å². The third-order valence-electron chi connectivity index (χ3n) is 1.23. The molecule has 0 aliphatic carbocycles. The molecule has 56 valence electrons. The van der Waals surface area contributed by atoms with E-state index in [0.29, 0.717) is 5.75 Å². The Balaban J connectivity index is 0.000001000. The average molecular weight is 180 g/mol. The van der Waals surface area contributed by atoms with Gasteiger partial charge in [0.05, 0.1) is 0 Å². The van der Waals surface area contributed by atoms with Crippen LogP contribution in [0.15, 0.2) is 24.3 Å². The fraction of sp³-hybridized carbons (Fsp3) is 0.143. The van der Waals surface area contributed by atoms with E-state index in [2.05, 4.69) is 0 Å². The summed E-state index contributed by atoms with van der Waals surface area (Å²) < 4.78 is 14.8. The molecule has 0 aliphatic rings. The molecule has 0 spiro atoms. The number of para-hydroxylation sites is 1. The molecule has 0 amide bonds. The van der Waals surface area contributed by atoms with E-state index in [1.54, 1.807) is 6.07 Å². The first-order chi connectivity index (χ1) is 4.84. The van der Waals surface area contributed by atoms with Gasteiger partial charge in [-0.2, -0.15) is 0 Å². The summed E-state index contributed by atoms with van der Waals surface area (Å²) in [7, 11) is 0. The Labute approximate surface area is 91.9 Å². The molecule has 0 fully saturated rings. The minimum absolute atomic E-state index is 0. The third-order valence-corrected chi connectivity index (χ3v) is 1.50. The molecule has 0 aliphatic heterocycles. The predicted molar refractivity (Wildman–Crippen MR) is 48.5 cm³/mol. The summed E-state index contributed by atoms with van der Waals surface area (Å²) in [6.45, 7) is 1.90. The Kier molecular flexibility index (Phi) is 5.86. The molecule has 0 N–H and O–H groups in total. The van der Waals surface area contributed by atoms with E-state index in [1.807, 2.05) is 25.1 Å². The minimum atomic E-state index is -0.300. The Bertz CT molecular complexity index is 240. The van der Waals surface area contributed by atoms with Crippen molar-refractivity contribution in [1.29, 1.82) is 0 Å². The van der Waals surface area contributed by atoms with Crippen molar-refractivity contribution in [3.63, 3.8) is 0 Å². The van der Waals surface area contributed by atoms with Crippen molar-refractivity contribution in [3.8, 4) is 5.75 Å². The van der Waals surface area contributed by atoms with Crippen molar-refractivity contribution in [2.45, 2.75) is 6.92 Å². The van der Waals surface area contributed by atoms with Gasteiger partial charge in [0.2, 0.25) is 0 Å². The number of aryl methyl sites for hydroxylation is 1. The van der Waals surface area contributed by atoms with E-state index in [1.165, 1.54) is 0 Å². The zero-order chi connectivity index (χ0) is 7.40. The molecule has 0 radical (unpaired) electrons. The zero-order valence-corrected chi connectivity index (χ0v) is 6.47. The average Bonchev–Trinajstić information content (AvgIpc) is 1.94. The SMILES string of the molecule is Cc1ccccc1O[SH]=O.[NaH]. The van der Waals surface area contributed by atoms with Crippen LogP contribution in [0.1, 0.15) is 5.56 Å². The van der Waals surface area contributed by atoms with Crippen molar-refractivity contribution in [2.75, 3.05) is 0 Å². The van der Waals surface area contributed by atoms with Gasteiger partial charge in [0, 0.05) is 0 Å². The van der Waals surface area contributed by atoms with Crippen molar-refractivity contribution >= 4 is 41.5 Å².